The average Bonchev–Trinajstić information content (AvgIpc) is 2.18. The number of nitrogens with one attached hydrogen (secondary N) is 1. The highest BCUT2D eigenvalue weighted by Gasteiger charge is 2.14. The normalized spacial score (nSPS) is 13.1. The number of halogens is 1. The van der Waals surface area contributed by atoms with E-state index >= 15 is 0 Å². The third-order valence-corrected chi connectivity index (χ3v) is 3.46. The third-order valence-electron chi connectivity index (χ3n) is 2.35. The molecule has 0 heterocycles. The predicted molar refractivity (Wildman–Crippen MR) is 67.8 cm³/mol. The van der Waals surface area contributed by atoms with Crippen molar-refractivity contribution < 1.29 is 17.6 Å². The van der Waals surface area contributed by atoms with Crippen molar-refractivity contribution in [1.29, 1.82) is 0 Å². The molecule has 4 nitrogen and oxygen atoms in total. The first kappa shape index (κ1) is 14.6. The number of amides is 1. The van der Waals surface area contributed by atoms with Crippen molar-refractivity contribution in [3.8, 4) is 0 Å². The van der Waals surface area contributed by atoms with E-state index in [1.54, 1.807) is 13.8 Å². The monoisotopic (exact) mass is 273 g/mol. The van der Waals surface area contributed by atoms with Crippen LogP contribution in [0.2, 0.25) is 0 Å². The molecule has 1 aromatic carbocycles. The van der Waals surface area contributed by atoms with Crippen LogP contribution in [-0.4, -0.2) is 32.4 Å². The molecule has 1 rings (SSSR count). The Labute approximate surface area is 106 Å². The second-order valence-corrected chi connectivity index (χ2v) is 6.62. The van der Waals surface area contributed by atoms with Crippen LogP contribution < -0.4 is 5.32 Å². The van der Waals surface area contributed by atoms with E-state index in [-0.39, 0.29) is 11.6 Å². The Morgan fingerprint density at radius 2 is 2.06 bits per heavy atom. The summed E-state index contributed by atoms with van der Waals surface area (Å²) in [6, 6.07) is 3.52. The Bertz CT molecular complexity index is 554. The van der Waals surface area contributed by atoms with Crippen LogP contribution in [0.1, 0.15) is 22.8 Å². The molecule has 0 saturated carbocycles. The fourth-order valence-electron chi connectivity index (χ4n) is 1.59. The first-order valence-electron chi connectivity index (χ1n) is 5.44. The number of hydrogen-bond donors (Lipinski definition) is 1. The van der Waals surface area contributed by atoms with E-state index in [1.165, 1.54) is 18.2 Å². The summed E-state index contributed by atoms with van der Waals surface area (Å²) in [5, 5.41) is 2.56. The Morgan fingerprint density at radius 3 is 2.56 bits per heavy atom. The molecule has 1 unspecified atom stereocenters. The van der Waals surface area contributed by atoms with Gasteiger partial charge in [-0.1, -0.05) is 0 Å². The van der Waals surface area contributed by atoms with E-state index in [4.69, 9.17) is 0 Å². The molecule has 0 spiro atoms. The van der Waals surface area contributed by atoms with Crippen LogP contribution in [0.5, 0.6) is 0 Å². The Hall–Kier alpha value is -1.43. The molecule has 1 amide bonds. The largest absolute Gasteiger partial charge is 0.349 e. The smallest absolute Gasteiger partial charge is 0.251 e. The second kappa shape index (κ2) is 5.48. The molecule has 0 fully saturated rings. The summed E-state index contributed by atoms with van der Waals surface area (Å²) < 4.78 is 35.2. The molecule has 1 N–H and O–H groups in total. The molecule has 0 aliphatic carbocycles. The summed E-state index contributed by atoms with van der Waals surface area (Å²) in [6.45, 7) is 3.17. The number of sulfone groups is 1. The molecule has 0 saturated heterocycles. The topological polar surface area (TPSA) is 63.2 Å². The zero-order valence-corrected chi connectivity index (χ0v) is 11.3. The number of aryl methyl sites for hydroxylation is 1. The van der Waals surface area contributed by atoms with Crippen molar-refractivity contribution in [3.63, 3.8) is 0 Å². The number of rotatable bonds is 4. The minimum Gasteiger partial charge on any atom is -0.349 e. The van der Waals surface area contributed by atoms with Crippen molar-refractivity contribution >= 4 is 15.7 Å². The summed E-state index contributed by atoms with van der Waals surface area (Å²) in [7, 11) is -3.14. The molecule has 0 bridgehead atoms. The predicted octanol–water partition coefficient (Wildman–Crippen LogP) is 1.30. The lowest BCUT2D eigenvalue weighted by molar-refractivity contribution is 0.0943. The molecule has 0 aliphatic rings. The lowest BCUT2D eigenvalue weighted by atomic mass is 10.1. The van der Waals surface area contributed by atoms with Crippen molar-refractivity contribution in [2.45, 2.75) is 19.9 Å². The van der Waals surface area contributed by atoms with Crippen molar-refractivity contribution in [3.05, 3.63) is 35.1 Å². The molecule has 0 aromatic heterocycles. The highest BCUT2D eigenvalue weighted by atomic mass is 32.2. The first-order valence-corrected chi connectivity index (χ1v) is 7.50. The van der Waals surface area contributed by atoms with Gasteiger partial charge in [0.1, 0.15) is 15.7 Å². The number of carbonyl (C=O) groups is 1. The van der Waals surface area contributed by atoms with Gasteiger partial charge in [0.2, 0.25) is 0 Å². The minimum absolute atomic E-state index is 0.126. The van der Waals surface area contributed by atoms with Gasteiger partial charge in [-0.2, -0.15) is 0 Å². The van der Waals surface area contributed by atoms with E-state index in [0.717, 1.165) is 6.26 Å². The molecule has 100 valence electrons. The Kier molecular flexibility index (Phi) is 4.45. The fourth-order valence-corrected chi connectivity index (χ4v) is 2.58. The Balaban J connectivity index is 2.73. The molecule has 1 atom stereocenters. The quantitative estimate of drug-likeness (QED) is 0.899. The average molecular weight is 273 g/mol. The van der Waals surface area contributed by atoms with Crippen molar-refractivity contribution in [2.75, 3.05) is 12.0 Å². The van der Waals surface area contributed by atoms with Crippen LogP contribution >= 0.6 is 0 Å². The van der Waals surface area contributed by atoms with Crippen LogP contribution in [0.15, 0.2) is 18.2 Å². The zero-order chi connectivity index (χ0) is 13.9. The molecular formula is C12H16FNO3S. The van der Waals surface area contributed by atoms with Gasteiger partial charge in [0.05, 0.1) is 5.75 Å². The number of hydrogen-bond acceptors (Lipinski definition) is 3. The van der Waals surface area contributed by atoms with Crippen molar-refractivity contribution in [1.82, 2.24) is 5.32 Å². The highest BCUT2D eigenvalue weighted by Crippen LogP contribution is 2.09. The van der Waals surface area contributed by atoms with Crippen LogP contribution in [-0.2, 0) is 9.84 Å². The van der Waals surface area contributed by atoms with E-state index in [2.05, 4.69) is 5.32 Å². The van der Waals surface area contributed by atoms with E-state index in [1.807, 2.05) is 0 Å². The maximum atomic E-state index is 13.0. The third kappa shape index (κ3) is 4.44. The van der Waals surface area contributed by atoms with Gasteiger partial charge < -0.3 is 5.32 Å². The maximum absolute atomic E-state index is 13.0. The maximum Gasteiger partial charge on any atom is 0.251 e. The molecule has 0 aliphatic heterocycles. The molecule has 1 aromatic rings. The fraction of sp³-hybridized carbons (Fsp3) is 0.417. The molecule has 6 heteroatoms. The standard InChI is InChI=1S/C12H16FNO3S/c1-8-6-10(4-5-11(8)13)12(15)14-9(2)7-18(3,16)17/h4-6,9H,7H2,1-3H3,(H,14,15). The molecular weight excluding hydrogens is 257 g/mol. The first-order chi connectivity index (χ1) is 8.19. The summed E-state index contributed by atoms with van der Waals surface area (Å²) in [5.74, 6) is -0.913. The summed E-state index contributed by atoms with van der Waals surface area (Å²) in [6.07, 6.45) is 1.11. The number of carbonyl (C=O) groups excluding carboxylic acids is 1. The summed E-state index contributed by atoms with van der Waals surface area (Å²) >= 11 is 0. The van der Waals surface area contributed by atoms with Crippen molar-refractivity contribution in [2.24, 2.45) is 0 Å². The van der Waals surface area contributed by atoms with Gasteiger partial charge >= 0.3 is 0 Å². The van der Waals surface area contributed by atoms with Gasteiger partial charge in [-0.3, -0.25) is 4.79 Å². The van der Waals surface area contributed by atoms with Crippen LogP contribution in [0.4, 0.5) is 4.39 Å². The van der Waals surface area contributed by atoms with E-state index < -0.39 is 21.8 Å². The summed E-state index contributed by atoms with van der Waals surface area (Å²) in [5.41, 5.74) is 0.688. The van der Waals surface area contributed by atoms with Gasteiger partial charge in [-0.25, -0.2) is 12.8 Å². The molecule has 18 heavy (non-hydrogen) atoms. The highest BCUT2D eigenvalue weighted by molar-refractivity contribution is 7.90. The van der Waals surface area contributed by atoms with Gasteiger partial charge in [0.25, 0.3) is 5.91 Å². The Morgan fingerprint density at radius 1 is 1.44 bits per heavy atom. The lowest BCUT2D eigenvalue weighted by Crippen LogP contribution is -2.37. The molecule has 0 radical (unpaired) electrons. The SMILES string of the molecule is Cc1cc(C(=O)NC(C)CS(C)(=O)=O)ccc1F. The van der Waals surface area contributed by atoms with Crippen LogP contribution in [0.3, 0.4) is 0 Å². The second-order valence-electron chi connectivity index (χ2n) is 4.43. The van der Waals surface area contributed by atoms with E-state index in [9.17, 15) is 17.6 Å². The summed E-state index contributed by atoms with van der Waals surface area (Å²) in [4.78, 5) is 11.8. The van der Waals surface area contributed by atoms with E-state index in [0.29, 0.717) is 11.1 Å². The van der Waals surface area contributed by atoms with Gasteiger partial charge in [-0.05, 0) is 37.6 Å². The lowest BCUT2D eigenvalue weighted by Gasteiger charge is -2.13. The van der Waals surface area contributed by atoms with Gasteiger partial charge in [0, 0.05) is 17.9 Å². The van der Waals surface area contributed by atoms with Crippen LogP contribution in [0, 0.1) is 12.7 Å². The van der Waals surface area contributed by atoms with Gasteiger partial charge in [0.15, 0.2) is 0 Å². The minimum atomic E-state index is -3.14. The zero-order valence-electron chi connectivity index (χ0n) is 10.5. The van der Waals surface area contributed by atoms with Gasteiger partial charge in [-0.15, -0.1) is 0 Å². The number of benzene rings is 1. The van der Waals surface area contributed by atoms with Crippen LogP contribution in [0.25, 0.3) is 0 Å².